The lowest BCUT2D eigenvalue weighted by atomic mass is 10.1. The molecule has 1 aliphatic rings. The van der Waals surface area contributed by atoms with Crippen molar-refractivity contribution in [2.24, 2.45) is 10.9 Å². The van der Waals surface area contributed by atoms with Gasteiger partial charge in [-0.15, -0.1) is 0 Å². The highest BCUT2D eigenvalue weighted by molar-refractivity contribution is 7.80. The zero-order valence-electron chi connectivity index (χ0n) is 10.5. The summed E-state index contributed by atoms with van der Waals surface area (Å²) >= 11 is 4.90. The third-order valence-corrected chi connectivity index (χ3v) is 2.92. The van der Waals surface area contributed by atoms with Gasteiger partial charge in [0.15, 0.2) is 5.11 Å². The fraction of sp³-hybridized carbons (Fsp3) is 0.308. The molecule has 1 N–H and O–H groups in total. The van der Waals surface area contributed by atoms with Gasteiger partial charge in [0.2, 0.25) is 5.90 Å². The molecule has 0 aliphatic carbocycles. The summed E-state index contributed by atoms with van der Waals surface area (Å²) in [4.78, 5) is 16.0. The van der Waals surface area contributed by atoms with Crippen molar-refractivity contribution in [3.63, 3.8) is 0 Å². The van der Waals surface area contributed by atoms with E-state index in [0.29, 0.717) is 17.6 Å². The first kappa shape index (κ1) is 13.5. The van der Waals surface area contributed by atoms with E-state index in [2.05, 4.69) is 10.3 Å². The largest absolute Gasteiger partial charge is 0.483 e. The third kappa shape index (κ3) is 3.51. The number of hydrogen-bond acceptors (Lipinski definition) is 4. The van der Waals surface area contributed by atoms with Gasteiger partial charge in [-0.05, 0) is 17.8 Å². The average Bonchev–Trinajstić information content (AvgIpc) is 2.45. The molecule has 0 spiro atoms. The van der Waals surface area contributed by atoms with Crippen LogP contribution in [0, 0.1) is 5.92 Å². The molecule has 0 saturated heterocycles. The second-order valence-electron chi connectivity index (χ2n) is 3.99. The zero-order valence-corrected chi connectivity index (χ0v) is 11.3. The van der Waals surface area contributed by atoms with Crippen molar-refractivity contribution in [2.45, 2.75) is 6.61 Å². The Labute approximate surface area is 116 Å². The predicted octanol–water partition coefficient (Wildman–Crippen LogP) is 1.28. The van der Waals surface area contributed by atoms with Gasteiger partial charge in [0.1, 0.15) is 12.5 Å². The van der Waals surface area contributed by atoms with E-state index in [9.17, 15) is 4.79 Å². The smallest absolute Gasteiger partial charge is 0.320 e. The minimum absolute atomic E-state index is 0.234. The van der Waals surface area contributed by atoms with Crippen LogP contribution in [-0.4, -0.2) is 30.6 Å². The average molecular weight is 278 g/mol. The Balaban J connectivity index is 1.96. The van der Waals surface area contributed by atoms with Crippen molar-refractivity contribution in [2.75, 3.05) is 13.7 Å². The minimum atomic E-state index is -0.555. The number of nitrogens with zero attached hydrogens (tertiary/aromatic N) is 1. The number of benzene rings is 1. The summed E-state index contributed by atoms with van der Waals surface area (Å²) in [5.74, 6) is -0.637. The Morgan fingerprint density at radius 2 is 2.21 bits per heavy atom. The van der Waals surface area contributed by atoms with Crippen LogP contribution in [-0.2, 0) is 20.9 Å². The number of esters is 1. The standard InChI is InChI=1S/C13H14N2O3S/c1-17-11-10(7-14-13(19)15-11)12(16)18-8-9-5-3-2-4-6-9/h2-6,10H,7-8H2,1H3,(H,14,19). The molecule has 1 aromatic rings. The molecule has 1 heterocycles. The van der Waals surface area contributed by atoms with E-state index in [1.54, 1.807) is 0 Å². The van der Waals surface area contributed by atoms with Gasteiger partial charge in [0.05, 0.1) is 7.11 Å². The van der Waals surface area contributed by atoms with Crippen LogP contribution >= 0.6 is 12.2 Å². The lowest BCUT2D eigenvalue weighted by Gasteiger charge is -2.21. The van der Waals surface area contributed by atoms with Crippen molar-refractivity contribution in [1.29, 1.82) is 0 Å². The van der Waals surface area contributed by atoms with Crippen LogP contribution in [0.5, 0.6) is 0 Å². The quantitative estimate of drug-likeness (QED) is 0.666. The molecule has 100 valence electrons. The van der Waals surface area contributed by atoms with Crippen molar-refractivity contribution >= 4 is 29.2 Å². The Morgan fingerprint density at radius 3 is 2.89 bits per heavy atom. The molecule has 0 amide bonds. The molecular weight excluding hydrogens is 264 g/mol. The van der Waals surface area contributed by atoms with Gasteiger partial charge >= 0.3 is 5.97 Å². The zero-order chi connectivity index (χ0) is 13.7. The summed E-state index contributed by atoms with van der Waals surface area (Å²) in [6, 6.07) is 9.49. The number of thiocarbonyl (C=S) groups is 1. The Hall–Kier alpha value is -1.95. The van der Waals surface area contributed by atoms with Crippen LogP contribution in [0.3, 0.4) is 0 Å². The molecule has 1 atom stereocenters. The van der Waals surface area contributed by atoms with E-state index in [-0.39, 0.29) is 12.6 Å². The molecule has 1 unspecified atom stereocenters. The third-order valence-electron chi connectivity index (χ3n) is 2.68. The van der Waals surface area contributed by atoms with Crippen LogP contribution in [0.15, 0.2) is 35.3 Å². The second-order valence-corrected chi connectivity index (χ2v) is 4.37. The monoisotopic (exact) mass is 278 g/mol. The van der Waals surface area contributed by atoms with Crippen molar-refractivity contribution in [3.05, 3.63) is 35.9 Å². The summed E-state index contributed by atoms with van der Waals surface area (Å²) < 4.78 is 10.3. The molecular formula is C13H14N2O3S. The summed E-state index contributed by atoms with van der Waals surface area (Å²) in [5.41, 5.74) is 0.936. The minimum Gasteiger partial charge on any atom is -0.483 e. The molecule has 6 heteroatoms. The summed E-state index contributed by atoms with van der Waals surface area (Å²) in [7, 11) is 1.46. The second kappa shape index (κ2) is 6.29. The predicted molar refractivity (Wildman–Crippen MR) is 74.8 cm³/mol. The molecule has 0 fully saturated rings. The molecule has 0 saturated carbocycles. The first-order valence-corrected chi connectivity index (χ1v) is 6.22. The molecule has 1 aromatic carbocycles. The van der Waals surface area contributed by atoms with E-state index in [1.807, 2.05) is 30.3 Å². The number of carbonyl (C=O) groups is 1. The highest BCUT2D eigenvalue weighted by Gasteiger charge is 2.30. The normalized spacial score (nSPS) is 18.3. The van der Waals surface area contributed by atoms with E-state index in [1.165, 1.54) is 7.11 Å². The highest BCUT2D eigenvalue weighted by atomic mass is 32.1. The topological polar surface area (TPSA) is 59.9 Å². The van der Waals surface area contributed by atoms with Crippen LogP contribution < -0.4 is 5.32 Å². The lowest BCUT2D eigenvalue weighted by molar-refractivity contribution is -0.147. The summed E-state index contributed by atoms with van der Waals surface area (Å²) in [6.07, 6.45) is 0. The number of aliphatic imine (C=N–C) groups is 1. The first-order valence-electron chi connectivity index (χ1n) is 5.81. The first-order chi connectivity index (χ1) is 9.20. The molecule has 2 rings (SSSR count). The summed E-state index contributed by atoms with van der Waals surface area (Å²) in [5, 5.41) is 3.16. The van der Waals surface area contributed by atoms with E-state index < -0.39 is 5.92 Å². The molecule has 19 heavy (non-hydrogen) atoms. The van der Waals surface area contributed by atoms with Gasteiger partial charge in [-0.3, -0.25) is 4.79 Å². The maximum atomic E-state index is 12.0. The van der Waals surface area contributed by atoms with Crippen LogP contribution in [0.4, 0.5) is 0 Å². The maximum Gasteiger partial charge on any atom is 0.320 e. The van der Waals surface area contributed by atoms with E-state index in [4.69, 9.17) is 21.7 Å². The fourth-order valence-corrected chi connectivity index (χ4v) is 1.87. The maximum absolute atomic E-state index is 12.0. The Kier molecular flexibility index (Phi) is 4.46. The molecule has 0 aromatic heterocycles. The fourth-order valence-electron chi connectivity index (χ4n) is 1.70. The van der Waals surface area contributed by atoms with Crippen molar-refractivity contribution < 1.29 is 14.3 Å². The SMILES string of the molecule is COC1=NC(=S)NCC1C(=O)OCc1ccccc1. The van der Waals surface area contributed by atoms with Crippen LogP contribution in [0.2, 0.25) is 0 Å². The number of rotatable bonds is 3. The van der Waals surface area contributed by atoms with E-state index >= 15 is 0 Å². The summed E-state index contributed by atoms with van der Waals surface area (Å²) in [6.45, 7) is 0.580. The van der Waals surface area contributed by atoms with Gasteiger partial charge in [-0.2, -0.15) is 4.99 Å². The van der Waals surface area contributed by atoms with Gasteiger partial charge in [0.25, 0.3) is 0 Å². The number of nitrogens with one attached hydrogen (secondary N) is 1. The highest BCUT2D eigenvalue weighted by Crippen LogP contribution is 2.10. The molecule has 5 nitrogen and oxygen atoms in total. The molecule has 0 bridgehead atoms. The number of hydrogen-bond donors (Lipinski definition) is 1. The number of methoxy groups -OCH3 is 1. The Morgan fingerprint density at radius 1 is 1.47 bits per heavy atom. The molecule has 0 radical (unpaired) electrons. The van der Waals surface area contributed by atoms with Gasteiger partial charge in [0, 0.05) is 6.54 Å². The van der Waals surface area contributed by atoms with Gasteiger partial charge in [-0.25, -0.2) is 0 Å². The Bertz CT molecular complexity index is 502. The number of ether oxygens (including phenoxy) is 2. The van der Waals surface area contributed by atoms with Crippen molar-refractivity contribution in [3.8, 4) is 0 Å². The lowest BCUT2D eigenvalue weighted by Crippen LogP contribution is -2.42. The van der Waals surface area contributed by atoms with E-state index in [0.717, 1.165) is 5.56 Å². The van der Waals surface area contributed by atoms with Crippen molar-refractivity contribution in [1.82, 2.24) is 5.32 Å². The van der Waals surface area contributed by atoms with Crippen LogP contribution in [0.25, 0.3) is 0 Å². The van der Waals surface area contributed by atoms with Gasteiger partial charge < -0.3 is 14.8 Å². The number of carbonyl (C=O) groups excluding carboxylic acids is 1. The molecule has 1 aliphatic heterocycles. The van der Waals surface area contributed by atoms with Crippen LogP contribution in [0.1, 0.15) is 5.56 Å². The van der Waals surface area contributed by atoms with Gasteiger partial charge in [-0.1, -0.05) is 30.3 Å².